The van der Waals surface area contributed by atoms with Crippen LogP contribution in [0.3, 0.4) is 0 Å². The molecule has 94 valence electrons. The molecule has 2 amide bonds. The smallest absolute Gasteiger partial charge is 0.270 e. The second-order valence-electron chi connectivity index (χ2n) is 4.68. The molecular weight excluding hydrogens is 222 g/mol. The van der Waals surface area contributed by atoms with Crippen molar-refractivity contribution >= 4 is 17.5 Å². The average molecular weight is 239 g/mol. The van der Waals surface area contributed by atoms with E-state index in [1.807, 2.05) is 6.92 Å². The van der Waals surface area contributed by atoms with Crippen molar-refractivity contribution < 1.29 is 14.7 Å². The minimum absolute atomic E-state index is 0.158. The molecule has 2 rings (SSSR count). The van der Waals surface area contributed by atoms with Gasteiger partial charge in [0.1, 0.15) is 5.71 Å². The molecule has 0 aliphatic carbocycles. The maximum absolute atomic E-state index is 12.0. The van der Waals surface area contributed by atoms with E-state index in [2.05, 4.69) is 10.5 Å². The van der Waals surface area contributed by atoms with Crippen molar-refractivity contribution in [3.8, 4) is 0 Å². The summed E-state index contributed by atoms with van der Waals surface area (Å²) in [5, 5.41) is 13.5. The van der Waals surface area contributed by atoms with Gasteiger partial charge in [0.2, 0.25) is 5.91 Å². The molecule has 0 radical (unpaired) electrons. The lowest BCUT2D eigenvalue weighted by atomic mass is 9.95. The van der Waals surface area contributed by atoms with Gasteiger partial charge in [-0.25, -0.2) is 5.43 Å². The molecule has 2 heterocycles. The minimum Gasteiger partial charge on any atom is -0.391 e. The second kappa shape index (κ2) is 4.83. The Bertz CT molecular complexity index is 367. The Morgan fingerprint density at radius 2 is 2.29 bits per heavy atom. The van der Waals surface area contributed by atoms with E-state index >= 15 is 0 Å². The first-order valence-electron chi connectivity index (χ1n) is 5.90. The number of amides is 2. The van der Waals surface area contributed by atoms with Crippen LogP contribution in [0.4, 0.5) is 0 Å². The van der Waals surface area contributed by atoms with Crippen molar-refractivity contribution in [1.82, 2.24) is 10.3 Å². The quantitative estimate of drug-likeness (QED) is 0.646. The number of hydrazone groups is 1. The molecule has 2 unspecified atom stereocenters. The van der Waals surface area contributed by atoms with Gasteiger partial charge in [0.25, 0.3) is 5.91 Å². The zero-order valence-corrected chi connectivity index (χ0v) is 9.85. The fourth-order valence-corrected chi connectivity index (χ4v) is 2.04. The molecule has 1 fully saturated rings. The third-order valence-corrected chi connectivity index (χ3v) is 3.36. The van der Waals surface area contributed by atoms with Crippen molar-refractivity contribution in [2.75, 3.05) is 13.1 Å². The van der Waals surface area contributed by atoms with Gasteiger partial charge in [0, 0.05) is 25.9 Å². The van der Waals surface area contributed by atoms with Crippen molar-refractivity contribution in [1.29, 1.82) is 0 Å². The third kappa shape index (κ3) is 2.63. The van der Waals surface area contributed by atoms with Crippen LogP contribution in [0, 0.1) is 5.92 Å². The van der Waals surface area contributed by atoms with Crippen molar-refractivity contribution in [2.45, 2.75) is 32.3 Å². The summed E-state index contributed by atoms with van der Waals surface area (Å²) in [7, 11) is 0. The monoisotopic (exact) mass is 239 g/mol. The predicted molar refractivity (Wildman–Crippen MR) is 61.2 cm³/mol. The highest BCUT2D eigenvalue weighted by Crippen LogP contribution is 2.18. The molecule has 0 bridgehead atoms. The van der Waals surface area contributed by atoms with E-state index in [1.165, 1.54) is 0 Å². The summed E-state index contributed by atoms with van der Waals surface area (Å²) in [6.45, 7) is 2.97. The number of β-amino-alcohol motifs (C(OH)–C–C–N with tert-alkyl or cyclic N) is 1. The second-order valence-corrected chi connectivity index (χ2v) is 4.68. The number of hydrogen-bond donors (Lipinski definition) is 2. The van der Waals surface area contributed by atoms with E-state index in [9.17, 15) is 14.7 Å². The molecule has 2 atom stereocenters. The van der Waals surface area contributed by atoms with Gasteiger partial charge in [-0.1, -0.05) is 6.92 Å². The Hall–Kier alpha value is -1.43. The first-order valence-corrected chi connectivity index (χ1v) is 5.90. The minimum atomic E-state index is -0.466. The number of aliphatic hydroxyl groups excluding tert-OH is 1. The molecule has 2 N–H and O–H groups in total. The van der Waals surface area contributed by atoms with Crippen molar-refractivity contribution in [2.24, 2.45) is 11.0 Å². The van der Waals surface area contributed by atoms with Crippen LogP contribution in [0.1, 0.15) is 26.2 Å². The van der Waals surface area contributed by atoms with E-state index in [1.54, 1.807) is 4.90 Å². The Balaban J connectivity index is 1.98. The number of likely N-dealkylation sites (tertiary alicyclic amines) is 1. The van der Waals surface area contributed by atoms with Gasteiger partial charge in [-0.15, -0.1) is 0 Å². The molecule has 0 spiro atoms. The molecule has 6 heteroatoms. The lowest BCUT2D eigenvalue weighted by molar-refractivity contribution is -0.128. The lowest BCUT2D eigenvalue weighted by Gasteiger charge is -2.34. The van der Waals surface area contributed by atoms with E-state index < -0.39 is 6.10 Å². The molecule has 0 saturated carbocycles. The number of carbonyl (C=O) groups excluding carboxylic acids is 2. The van der Waals surface area contributed by atoms with Gasteiger partial charge in [0.15, 0.2) is 0 Å². The standard InChI is InChI=1S/C11H17N3O3/c1-7-4-5-14(6-9(7)15)11(17)8-2-3-10(16)13-12-8/h7,9,15H,2-6H2,1H3,(H,13,16). The number of carbonyl (C=O) groups is 2. The first-order chi connectivity index (χ1) is 8.08. The fourth-order valence-electron chi connectivity index (χ4n) is 2.04. The van der Waals surface area contributed by atoms with Crippen LogP contribution < -0.4 is 5.43 Å². The van der Waals surface area contributed by atoms with Gasteiger partial charge in [-0.3, -0.25) is 9.59 Å². The van der Waals surface area contributed by atoms with Crippen molar-refractivity contribution in [3.63, 3.8) is 0 Å². The lowest BCUT2D eigenvalue weighted by Crippen LogP contribution is -2.49. The van der Waals surface area contributed by atoms with E-state index in [4.69, 9.17) is 0 Å². The number of piperidine rings is 1. The summed E-state index contributed by atoms with van der Waals surface area (Å²) in [5.74, 6) is -0.100. The number of nitrogens with one attached hydrogen (secondary N) is 1. The van der Waals surface area contributed by atoms with Gasteiger partial charge < -0.3 is 10.0 Å². The van der Waals surface area contributed by atoms with Crippen LogP contribution in [0.5, 0.6) is 0 Å². The van der Waals surface area contributed by atoms with Crippen LogP contribution in [0.2, 0.25) is 0 Å². The summed E-state index contributed by atoms with van der Waals surface area (Å²) in [5.41, 5.74) is 2.69. The summed E-state index contributed by atoms with van der Waals surface area (Å²) < 4.78 is 0. The molecule has 2 aliphatic rings. The molecule has 0 aromatic rings. The summed E-state index contributed by atoms with van der Waals surface area (Å²) in [4.78, 5) is 24.6. The Labute approximate surface area is 99.7 Å². The van der Waals surface area contributed by atoms with E-state index in [-0.39, 0.29) is 17.7 Å². The summed E-state index contributed by atoms with van der Waals surface area (Å²) in [6.07, 6.45) is 1.02. The topological polar surface area (TPSA) is 82.0 Å². The summed E-state index contributed by atoms with van der Waals surface area (Å²) >= 11 is 0. The van der Waals surface area contributed by atoms with Gasteiger partial charge in [-0.2, -0.15) is 5.10 Å². The Morgan fingerprint density at radius 1 is 1.53 bits per heavy atom. The van der Waals surface area contributed by atoms with E-state index in [0.717, 1.165) is 6.42 Å². The normalized spacial score (nSPS) is 29.6. The fraction of sp³-hybridized carbons (Fsp3) is 0.727. The highest BCUT2D eigenvalue weighted by molar-refractivity contribution is 6.39. The van der Waals surface area contributed by atoms with Gasteiger partial charge in [-0.05, 0) is 12.3 Å². The van der Waals surface area contributed by atoms with Gasteiger partial charge >= 0.3 is 0 Å². The SMILES string of the molecule is CC1CCN(C(=O)C2=NNC(=O)CC2)CC1O. The predicted octanol–water partition coefficient (Wildman–Crippen LogP) is -0.518. The number of rotatable bonds is 1. The number of nitrogens with zero attached hydrogens (tertiary/aromatic N) is 2. The Kier molecular flexibility index (Phi) is 3.42. The first kappa shape index (κ1) is 12.0. The molecule has 17 heavy (non-hydrogen) atoms. The zero-order chi connectivity index (χ0) is 12.4. The highest BCUT2D eigenvalue weighted by Gasteiger charge is 2.30. The van der Waals surface area contributed by atoms with E-state index in [0.29, 0.717) is 31.6 Å². The largest absolute Gasteiger partial charge is 0.391 e. The number of hydrogen-bond acceptors (Lipinski definition) is 4. The van der Waals surface area contributed by atoms with Crippen molar-refractivity contribution in [3.05, 3.63) is 0 Å². The van der Waals surface area contributed by atoms with Crippen LogP contribution in [-0.2, 0) is 9.59 Å². The van der Waals surface area contributed by atoms with Crippen LogP contribution >= 0.6 is 0 Å². The molecule has 0 aromatic carbocycles. The zero-order valence-electron chi connectivity index (χ0n) is 9.85. The third-order valence-electron chi connectivity index (χ3n) is 3.36. The van der Waals surface area contributed by atoms with Crippen LogP contribution in [-0.4, -0.2) is 46.7 Å². The summed E-state index contributed by atoms with van der Waals surface area (Å²) in [6, 6.07) is 0. The average Bonchev–Trinajstić information content (AvgIpc) is 2.33. The Morgan fingerprint density at radius 3 is 2.88 bits per heavy atom. The maximum Gasteiger partial charge on any atom is 0.270 e. The van der Waals surface area contributed by atoms with Gasteiger partial charge in [0.05, 0.1) is 6.10 Å². The molecule has 2 aliphatic heterocycles. The molecule has 6 nitrogen and oxygen atoms in total. The van der Waals surface area contributed by atoms with Crippen LogP contribution in [0.25, 0.3) is 0 Å². The molecule has 0 aromatic heterocycles. The van der Waals surface area contributed by atoms with Crippen LogP contribution in [0.15, 0.2) is 5.10 Å². The molecular formula is C11H17N3O3. The number of aliphatic hydroxyl groups is 1. The molecule has 1 saturated heterocycles. The highest BCUT2D eigenvalue weighted by atomic mass is 16.3. The maximum atomic E-state index is 12.0.